The van der Waals surface area contributed by atoms with Crippen LogP contribution in [-0.2, 0) is 0 Å². The fourth-order valence-electron chi connectivity index (χ4n) is 1.70. The summed E-state index contributed by atoms with van der Waals surface area (Å²) in [6.07, 6.45) is 4.18. The third kappa shape index (κ3) is 1.93. The molecule has 1 aromatic heterocycles. The number of nitrogens with zero attached hydrogens (tertiary/aromatic N) is 2. The average Bonchev–Trinajstić information content (AvgIpc) is 2.56. The van der Waals surface area contributed by atoms with Gasteiger partial charge < -0.3 is 15.2 Å². The van der Waals surface area contributed by atoms with Crippen molar-refractivity contribution in [2.45, 2.75) is 12.5 Å². The molecular weight excluding hydrogens is 180 g/mol. The van der Waals surface area contributed by atoms with Gasteiger partial charge >= 0.3 is 0 Å². The van der Waals surface area contributed by atoms with Gasteiger partial charge in [-0.3, -0.25) is 4.79 Å². The molecule has 2 rings (SSSR count). The Labute approximate surface area is 82.2 Å². The van der Waals surface area contributed by atoms with E-state index in [1.54, 1.807) is 6.20 Å². The maximum absolute atomic E-state index is 11.3. The van der Waals surface area contributed by atoms with Crippen LogP contribution in [0.5, 0.6) is 0 Å². The Morgan fingerprint density at radius 2 is 2.57 bits per heavy atom. The monoisotopic (exact) mass is 194 g/mol. The molecule has 0 bridgehead atoms. The molecule has 2 heterocycles. The van der Waals surface area contributed by atoms with Crippen molar-refractivity contribution in [3.63, 3.8) is 0 Å². The van der Waals surface area contributed by atoms with Gasteiger partial charge in [0, 0.05) is 25.0 Å². The van der Waals surface area contributed by atoms with E-state index in [0.717, 1.165) is 19.5 Å². The molecule has 0 radical (unpaired) electrons. The molecule has 14 heavy (non-hydrogen) atoms. The summed E-state index contributed by atoms with van der Waals surface area (Å²) in [6, 6.07) is 0.344. The number of likely N-dealkylation sites (tertiary alicyclic amines) is 1. The number of anilines is 1. The van der Waals surface area contributed by atoms with E-state index in [9.17, 15) is 4.79 Å². The lowest BCUT2D eigenvalue weighted by Crippen LogP contribution is -2.27. The number of rotatable bonds is 2. The van der Waals surface area contributed by atoms with Crippen LogP contribution < -0.4 is 10.9 Å². The van der Waals surface area contributed by atoms with E-state index in [0.29, 0.717) is 11.9 Å². The first-order valence-electron chi connectivity index (χ1n) is 4.74. The summed E-state index contributed by atoms with van der Waals surface area (Å²) < 4.78 is 0. The lowest BCUT2D eigenvalue weighted by Gasteiger charge is -2.11. The predicted molar refractivity (Wildman–Crippen MR) is 54.4 cm³/mol. The summed E-state index contributed by atoms with van der Waals surface area (Å²) in [6.45, 7) is 2.04. The number of H-pyrrole nitrogens is 1. The molecule has 5 heteroatoms. The standard InChI is InChI=1S/C9H14N4O/c1-13-5-2-7(6-13)12-8-9(14)11-4-3-10-8/h3-4,7H,2,5-6H2,1H3,(H,10,12)(H,11,14). The van der Waals surface area contributed by atoms with Crippen LogP contribution in [0.2, 0.25) is 0 Å². The van der Waals surface area contributed by atoms with Crippen LogP contribution in [0.15, 0.2) is 17.2 Å². The van der Waals surface area contributed by atoms with Crippen molar-refractivity contribution in [1.29, 1.82) is 0 Å². The molecule has 1 atom stereocenters. The second-order valence-electron chi connectivity index (χ2n) is 3.66. The zero-order valence-electron chi connectivity index (χ0n) is 8.16. The number of aromatic amines is 1. The maximum atomic E-state index is 11.3. The Balaban J connectivity index is 2.04. The largest absolute Gasteiger partial charge is 0.361 e. The molecule has 0 aromatic carbocycles. The summed E-state index contributed by atoms with van der Waals surface area (Å²) in [5.74, 6) is 0.424. The number of hydrogen-bond donors (Lipinski definition) is 2. The second kappa shape index (κ2) is 3.79. The van der Waals surface area contributed by atoms with Crippen LogP contribution in [0.1, 0.15) is 6.42 Å². The maximum Gasteiger partial charge on any atom is 0.290 e. The van der Waals surface area contributed by atoms with E-state index >= 15 is 0 Å². The topological polar surface area (TPSA) is 61.0 Å². The van der Waals surface area contributed by atoms with Gasteiger partial charge in [-0.2, -0.15) is 0 Å². The van der Waals surface area contributed by atoms with E-state index in [4.69, 9.17) is 0 Å². The van der Waals surface area contributed by atoms with Crippen molar-refractivity contribution in [2.75, 3.05) is 25.5 Å². The summed E-state index contributed by atoms with van der Waals surface area (Å²) in [4.78, 5) is 20.1. The number of nitrogens with one attached hydrogen (secondary N) is 2. The molecule has 0 aliphatic carbocycles. The number of hydrogen-bond acceptors (Lipinski definition) is 4. The van der Waals surface area contributed by atoms with Gasteiger partial charge in [-0.05, 0) is 20.0 Å². The Morgan fingerprint density at radius 1 is 1.71 bits per heavy atom. The minimum absolute atomic E-state index is 0.151. The molecule has 76 valence electrons. The van der Waals surface area contributed by atoms with Gasteiger partial charge in [0.15, 0.2) is 5.82 Å². The minimum Gasteiger partial charge on any atom is -0.361 e. The van der Waals surface area contributed by atoms with Crippen molar-refractivity contribution < 1.29 is 0 Å². The second-order valence-corrected chi connectivity index (χ2v) is 3.66. The average molecular weight is 194 g/mol. The highest BCUT2D eigenvalue weighted by Crippen LogP contribution is 2.09. The highest BCUT2D eigenvalue weighted by molar-refractivity contribution is 5.32. The molecule has 1 unspecified atom stereocenters. The summed E-state index contributed by atoms with van der Waals surface area (Å²) in [7, 11) is 2.07. The molecular formula is C9H14N4O. The highest BCUT2D eigenvalue weighted by atomic mass is 16.1. The van der Waals surface area contributed by atoms with Crippen molar-refractivity contribution in [1.82, 2.24) is 14.9 Å². The van der Waals surface area contributed by atoms with Crippen molar-refractivity contribution in [3.8, 4) is 0 Å². The third-order valence-electron chi connectivity index (χ3n) is 2.44. The predicted octanol–water partition coefficient (Wildman–Crippen LogP) is -0.114. The Morgan fingerprint density at radius 3 is 3.21 bits per heavy atom. The Hall–Kier alpha value is -1.36. The molecule has 1 fully saturated rings. The Kier molecular flexibility index (Phi) is 2.49. The van der Waals surface area contributed by atoms with Gasteiger partial charge in [-0.1, -0.05) is 0 Å². The molecule has 1 saturated heterocycles. The van der Waals surface area contributed by atoms with Crippen molar-refractivity contribution in [3.05, 3.63) is 22.7 Å². The van der Waals surface area contributed by atoms with E-state index in [1.807, 2.05) is 0 Å². The summed E-state index contributed by atoms with van der Waals surface area (Å²) in [5.41, 5.74) is -0.151. The first kappa shape index (κ1) is 9.21. The summed E-state index contributed by atoms with van der Waals surface area (Å²) in [5, 5.41) is 3.14. The first-order chi connectivity index (χ1) is 6.75. The lowest BCUT2D eigenvalue weighted by molar-refractivity contribution is 0.414. The van der Waals surface area contributed by atoms with Crippen LogP contribution in [0, 0.1) is 0 Å². The van der Waals surface area contributed by atoms with Crippen LogP contribution in [0.4, 0.5) is 5.82 Å². The first-order valence-corrected chi connectivity index (χ1v) is 4.74. The quantitative estimate of drug-likeness (QED) is 0.689. The molecule has 5 nitrogen and oxygen atoms in total. The van der Waals surface area contributed by atoms with Crippen LogP contribution in [-0.4, -0.2) is 41.0 Å². The van der Waals surface area contributed by atoms with E-state index < -0.39 is 0 Å². The third-order valence-corrected chi connectivity index (χ3v) is 2.44. The summed E-state index contributed by atoms with van der Waals surface area (Å²) >= 11 is 0. The van der Waals surface area contributed by atoms with Gasteiger partial charge in [-0.15, -0.1) is 0 Å². The van der Waals surface area contributed by atoms with Gasteiger partial charge in [0.1, 0.15) is 0 Å². The molecule has 2 N–H and O–H groups in total. The number of aromatic nitrogens is 2. The zero-order chi connectivity index (χ0) is 9.97. The normalized spacial score (nSPS) is 22.5. The van der Waals surface area contributed by atoms with Crippen molar-refractivity contribution >= 4 is 5.82 Å². The molecule has 0 saturated carbocycles. The van der Waals surface area contributed by atoms with Crippen LogP contribution >= 0.6 is 0 Å². The van der Waals surface area contributed by atoms with Gasteiger partial charge in [0.2, 0.25) is 0 Å². The fraction of sp³-hybridized carbons (Fsp3) is 0.556. The van der Waals surface area contributed by atoms with Crippen molar-refractivity contribution in [2.24, 2.45) is 0 Å². The minimum atomic E-state index is -0.151. The SMILES string of the molecule is CN1CCC(Nc2ncc[nH]c2=O)C1. The number of likely N-dealkylation sites (N-methyl/N-ethyl adjacent to an activating group) is 1. The highest BCUT2D eigenvalue weighted by Gasteiger charge is 2.19. The van der Waals surface area contributed by atoms with E-state index in [2.05, 4.69) is 27.2 Å². The molecule has 0 amide bonds. The van der Waals surface area contributed by atoms with Gasteiger partial charge in [0.25, 0.3) is 5.56 Å². The molecule has 1 aromatic rings. The molecule has 1 aliphatic heterocycles. The van der Waals surface area contributed by atoms with E-state index in [-0.39, 0.29) is 5.56 Å². The molecule has 1 aliphatic rings. The lowest BCUT2D eigenvalue weighted by atomic mass is 10.3. The van der Waals surface area contributed by atoms with Gasteiger partial charge in [-0.25, -0.2) is 4.98 Å². The van der Waals surface area contributed by atoms with E-state index in [1.165, 1.54) is 6.20 Å². The Bertz CT molecular complexity index is 362. The van der Waals surface area contributed by atoms with Gasteiger partial charge in [0.05, 0.1) is 0 Å². The zero-order valence-corrected chi connectivity index (χ0v) is 8.16. The van der Waals surface area contributed by atoms with Crippen LogP contribution in [0.25, 0.3) is 0 Å². The van der Waals surface area contributed by atoms with Crippen LogP contribution in [0.3, 0.4) is 0 Å². The smallest absolute Gasteiger partial charge is 0.290 e. The molecule has 0 spiro atoms. The fourth-order valence-corrected chi connectivity index (χ4v) is 1.70.